The third-order valence-corrected chi connectivity index (χ3v) is 5.45. The van der Waals surface area contributed by atoms with Crippen LogP contribution in [0.3, 0.4) is 0 Å². The quantitative estimate of drug-likeness (QED) is 0.274. The van der Waals surface area contributed by atoms with Crippen LogP contribution in [0.25, 0.3) is 0 Å². The van der Waals surface area contributed by atoms with Crippen molar-refractivity contribution in [2.75, 3.05) is 7.05 Å². The number of ketones is 1. The van der Waals surface area contributed by atoms with Gasteiger partial charge in [0.1, 0.15) is 31.8 Å². The van der Waals surface area contributed by atoms with Crippen molar-refractivity contribution in [1.82, 2.24) is 0 Å². The van der Waals surface area contributed by atoms with E-state index in [0.717, 1.165) is 5.56 Å². The summed E-state index contributed by atoms with van der Waals surface area (Å²) in [5.74, 6) is -3.32. The van der Waals surface area contributed by atoms with Crippen LogP contribution < -0.4 is 0 Å². The van der Waals surface area contributed by atoms with E-state index in [9.17, 15) is 39.9 Å². The van der Waals surface area contributed by atoms with Gasteiger partial charge in [0.25, 0.3) is 0 Å². The van der Waals surface area contributed by atoms with Crippen molar-refractivity contribution in [3.63, 3.8) is 0 Å². The largest absolute Gasteiger partial charge is 0.481 e. The Bertz CT molecular complexity index is 985. The average Bonchev–Trinajstić information content (AvgIpc) is 3.03. The highest BCUT2D eigenvalue weighted by atomic mass is 16.8. The zero-order chi connectivity index (χ0) is 23.8. The molecule has 1 aromatic rings. The summed E-state index contributed by atoms with van der Waals surface area (Å²) in [7, 11) is 1.34. The Hall–Kier alpha value is -2.93. The van der Waals surface area contributed by atoms with Gasteiger partial charge in [-0.25, -0.2) is 4.79 Å². The lowest BCUT2D eigenvalue weighted by atomic mass is 9.99. The van der Waals surface area contributed by atoms with Gasteiger partial charge >= 0.3 is 11.9 Å². The monoisotopic (exact) mass is 450 g/mol. The molecule has 1 fully saturated rings. The van der Waals surface area contributed by atoms with E-state index in [1.165, 1.54) is 19.2 Å². The molecule has 2 aliphatic rings. The molecule has 32 heavy (non-hydrogen) atoms. The smallest absolute Gasteiger partial charge is 0.335 e. The van der Waals surface area contributed by atoms with Crippen molar-refractivity contribution in [2.45, 2.75) is 44.1 Å². The van der Waals surface area contributed by atoms with E-state index < -0.39 is 59.5 Å². The molecule has 2 heterocycles. The number of hydrogen-bond acceptors (Lipinski definition) is 8. The lowest BCUT2D eigenvalue weighted by Crippen LogP contribution is -2.62. The van der Waals surface area contributed by atoms with E-state index in [0.29, 0.717) is 5.56 Å². The molecule has 11 nitrogen and oxygen atoms in total. The Labute approximate surface area is 182 Å². The molecule has 2 unspecified atom stereocenters. The first-order valence-electron chi connectivity index (χ1n) is 9.68. The van der Waals surface area contributed by atoms with Gasteiger partial charge in [-0.05, 0) is 6.92 Å². The Balaban J connectivity index is 1.95. The number of aliphatic hydroxyl groups excluding tert-OH is 3. The van der Waals surface area contributed by atoms with Gasteiger partial charge in [-0.2, -0.15) is 4.84 Å². The number of hydrogen-bond donors (Lipinski definition) is 5. The molecule has 6 atom stereocenters. The number of carbonyl (C=O) groups is 3. The number of aliphatic carboxylic acids is 2. The first-order chi connectivity index (χ1) is 15.0. The number of allylic oxidation sites excluding steroid dienone is 3. The molecule has 3 rings (SSSR count). The zero-order valence-electron chi connectivity index (χ0n) is 17.3. The lowest BCUT2D eigenvalue weighted by Gasteiger charge is -2.41. The Morgan fingerprint density at radius 1 is 1.00 bits per heavy atom. The number of likely N-dealkylation sites (N-methyl/N-ethyl adjacent to an activating group) is 1. The fraction of sp³-hybridized carbons (Fsp3) is 0.381. The van der Waals surface area contributed by atoms with Gasteiger partial charge in [0, 0.05) is 17.7 Å². The molecule has 172 valence electrons. The number of carboxylic acid groups (broad SMARTS) is 2. The number of Topliss-reactive ketones (excluding diaryl/α,β-unsaturated/α-hetero) is 1. The maximum absolute atomic E-state index is 13.2. The first kappa shape index (κ1) is 23.7. The minimum absolute atomic E-state index is 0.0200. The van der Waals surface area contributed by atoms with Crippen LogP contribution in [0.2, 0.25) is 0 Å². The molecule has 2 aliphatic heterocycles. The predicted molar refractivity (Wildman–Crippen MR) is 106 cm³/mol. The van der Waals surface area contributed by atoms with Crippen LogP contribution in [0.15, 0.2) is 47.8 Å². The normalized spacial score (nSPS) is 32.2. The third kappa shape index (κ3) is 4.35. The second kappa shape index (κ2) is 8.90. The van der Waals surface area contributed by atoms with Gasteiger partial charge < -0.3 is 30.3 Å². The number of nitrogens with zero attached hydrogens (tertiary/aromatic N) is 1. The predicted octanol–water partition coefficient (Wildman–Crippen LogP) is -0.296. The second-order valence-corrected chi connectivity index (χ2v) is 7.74. The highest BCUT2D eigenvalue weighted by Gasteiger charge is 2.53. The molecular weight excluding hydrogens is 426 g/mol. The van der Waals surface area contributed by atoms with Crippen LogP contribution in [-0.4, -0.2) is 85.7 Å². The number of quaternary nitrogens is 1. The number of aliphatic hydroxyl groups is 3. The fourth-order valence-electron chi connectivity index (χ4n) is 3.57. The van der Waals surface area contributed by atoms with Crippen molar-refractivity contribution >= 4 is 17.7 Å². The third-order valence-electron chi connectivity index (χ3n) is 5.45. The molecule has 0 aromatic heterocycles. The van der Waals surface area contributed by atoms with E-state index in [1.807, 2.05) is 6.92 Å². The molecule has 1 saturated heterocycles. The van der Waals surface area contributed by atoms with Crippen molar-refractivity contribution in [2.24, 2.45) is 0 Å². The summed E-state index contributed by atoms with van der Waals surface area (Å²) in [6.45, 7) is 1.85. The highest BCUT2D eigenvalue weighted by molar-refractivity contribution is 6.07. The van der Waals surface area contributed by atoms with Crippen LogP contribution in [0.5, 0.6) is 0 Å². The van der Waals surface area contributed by atoms with Crippen LogP contribution in [-0.2, 0) is 19.2 Å². The van der Waals surface area contributed by atoms with Crippen molar-refractivity contribution in [3.05, 3.63) is 58.9 Å². The Morgan fingerprint density at radius 3 is 2.19 bits per heavy atom. The van der Waals surface area contributed by atoms with Crippen LogP contribution in [0.4, 0.5) is 0 Å². The van der Waals surface area contributed by atoms with Gasteiger partial charge in [-0.3, -0.25) is 9.59 Å². The van der Waals surface area contributed by atoms with E-state index >= 15 is 0 Å². The molecule has 11 heteroatoms. The first-order valence-corrected chi connectivity index (χ1v) is 9.68. The topological polar surface area (TPSA) is 171 Å². The standard InChI is InChI=1S/C21H23NO10/c1-10-3-5-11(6-4-10)15(25)13-8-7-12(9-14(23)24)22(13,2)32-21-18(28)16(26)17(27)19(31-21)20(29)30/h3-8,16-19,21,26-28H,9H2,1-2H3,(H-,23,24,29,30)/p+1/t16-,17-,18+,19-,21?,22?/m0/s1. The number of hydroxylamine groups is 3. The Kier molecular flexibility index (Phi) is 6.60. The number of aryl methyl sites for hydroxylation is 1. The van der Waals surface area contributed by atoms with Gasteiger partial charge in [0.2, 0.25) is 17.8 Å². The van der Waals surface area contributed by atoms with Crippen LogP contribution >= 0.6 is 0 Å². The van der Waals surface area contributed by atoms with E-state index in [1.54, 1.807) is 24.3 Å². The van der Waals surface area contributed by atoms with E-state index in [2.05, 4.69) is 0 Å². The van der Waals surface area contributed by atoms with Crippen molar-refractivity contribution in [3.8, 4) is 0 Å². The summed E-state index contributed by atoms with van der Waals surface area (Å²) < 4.78 is 4.30. The average molecular weight is 450 g/mol. The number of benzene rings is 1. The van der Waals surface area contributed by atoms with Gasteiger partial charge in [-0.15, -0.1) is 4.65 Å². The summed E-state index contributed by atoms with van der Waals surface area (Å²) >= 11 is 0. The molecule has 0 aliphatic carbocycles. The summed E-state index contributed by atoms with van der Waals surface area (Å²) in [5, 5.41) is 48.8. The minimum atomic E-state index is -1.93. The molecule has 0 amide bonds. The molecular formula is C21H24NO10+. The number of carbonyl (C=O) groups excluding carboxylic acids is 1. The maximum atomic E-state index is 13.2. The lowest BCUT2D eigenvalue weighted by molar-refractivity contribution is -1.04. The summed E-state index contributed by atoms with van der Waals surface area (Å²) in [6.07, 6.45) is -7.23. The molecule has 0 saturated carbocycles. The molecule has 1 aromatic carbocycles. The zero-order valence-corrected chi connectivity index (χ0v) is 17.3. The van der Waals surface area contributed by atoms with Crippen molar-refractivity contribution < 1.29 is 54.1 Å². The highest BCUT2D eigenvalue weighted by Crippen LogP contribution is 2.37. The number of rotatable bonds is 7. The molecule has 0 radical (unpaired) electrons. The Morgan fingerprint density at radius 2 is 1.62 bits per heavy atom. The maximum Gasteiger partial charge on any atom is 0.335 e. The van der Waals surface area contributed by atoms with Gasteiger partial charge in [0.15, 0.2) is 11.8 Å². The van der Waals surface area contributed by atoms with Gasteiger partial charge in [-0.1, -0.05) is 29.8 Å². The number of carboxylic acids is 2. The van der Waals surface area contributed by atoms with Crippen LogP contribution in [0, 0.1) is 6.92 Å². The fourth-order valence-corrected chi connectivity index (χ4v) is 3.57. The molecule has 0 bridgehead atoms. The van der Waals surface area contributed by atoms with E-state index in [4.69, 9.17) is 9.57 Å². The summed E-state index contributed by atoms with van der Waals surface area (Å²) in [5.41, 5.74) is 1.29. The summed E-state index contributed by atoms with van der Waals surface area (Å²) in [6, 6.07) is 6.63. The minimum Gasteiger partial charge on any atom is -0.481 e. The second-order valence-electron chi connectivity index (χ2n) is 7.74. The van der Waals surface area contributed by atoms with Crippen molar-refractivity contribution in [1.29, 1.82) is 0 Å². The molecule has 0 spiro atoms. The SMILES string of the molecule is Cc1ccc(C(=O)C2=CC=C(CC(=O)O)[N+]2(C)OC2O[C@H](C(=O)O)[C@@H](O)[C@H](O)[C@H]2O)cc1. The summed E-state index contributed by atoms with van der Waals surface area (Å²) in [4.78, 5) is 41.7. The van der Waals surface area contributed by atoms with Gasteiger partial charge in [0.05, 0.1) is 0 Å². The van der Waals surface area contributed by atoms with E-state index in [-0.39, 0.29) is 11.4 Å². The molecule has 5 N–H and O–H groups in total. The van der Waals surface area contributed by atoms with Crippen LogP contribution in [0.1, 0.15) is 22.3 Å². The number of ether oxygens (including phenoxy) is 1.